The van der Waals surface area contributed by atoms with Crippen molar-refractivity contribution in [1.82, 2.24) is 20.1 Å². The van der Waals surface area contributed by atoms with E-state index in [-0.39, 0.29) is 18.3 Å². The van der Waals surface area contributed by atoms with Crippen LogP contribution in [0.25, 0.3) is 0 Å². The van der Waals surface area contributed by atoms with Gasteiger partial charge in [0.15, 0.2) is 0 Å². The highest BCUT2D eigenvalue weighted by Gasteiger charge is 2.14. The predicted molar refractivity (Wildman–Crippen MR) is 70.1 cm³/mol. The zero-order valence-electron chi connectivity index (χ0n) is 11.2. The van der Waals surface area contributed by atoms with Gasteiger partial charge in [-0.3, -0.25) is 9.78 Å². The Hall–Kier alpha value is -2.51. The number of nitrogens with one attached hydrogen (secondary N) is 1. The lowest BCUT2D eigenvalue weighted by Gasteiger charge is -2.14. The van der Waals surface area contributed by atoms with Gasteiger partial charge in [-0.1, -0.05) is 0 Å². The quantitative estimate of drug-likeness (QED) is 0.883. The van der Waals surface area contributed by atoms with Crippen molar-refractivity contribution in [3.05, 3.63) is 42.5 Å². The van der Waals surface area contributed by atoms with E-state index in [1.165, 1.54) is 6.07 Å². The molecular formula is C13H14F2N4O2. The Labute approximate surface area is 119 Å². The highest BCUT2D eigenvalue weighted by atomic mass is 19.3. The van der Waals surface area contributed by atoms with Gasteiger partial charge < -0.3 is 10.1 Å². The third-order valence-corrected chi connectivity index (χ3v) is 2.56. The summed E-state index contributed by atoms with van der Waals surface area (Å²) in [6, 6.07) is 4.71. The summed E-state index contributed by atoms with van der Waals surface area (Å²) in [4.78, 5) is 15.6. The van der Waals surface area contributed by atoms with Crippen molar-refractivity contribution < 1.29 is 18.3 Å². The second kappa shape index (κ2) is 6.78. The van der Waals surface area contributed by atoms with Crippen LogP contribution in [0.4, 0.5) is 8.78 Å². The molecule has 0 saturated carbocycles. The van der Waals surface area contributed by atoms with Gasteiger partial charge in [-0.05, 0) is 25.1 Å². The van der Waals surface area contributed by atoms with Crippen LogP contribution in [-0.4, -0.2) is 33.3 Å². The van der Waals surface area contributed by atoms with E-state index in [1.807, 2.05) is 0 Å². The van der Waals surface area contributed by atoms with Crippen LogP contribution in [0.3, 0.4) is 0 Å². The zero-order valence-corrected chi connectivity index (χ0v) is 11.2. The average Bonchev–Trinajstić information content (AvgIpc) is 2.96. The largest absolute Gasteiger partial charge is 0.487 e. The maximum absolute atomic E-state index is 12.3. The molecule has 0 aliphatic carbocycles. The standard InChI is InChI=1S/C13H14F2N4O2/c1-9(21-10-3-2-5-16-8-10)7-17-12(20)11-4-6-19(18-11)13(14)15/h2-6,8-9,13H,7H2,1H3,(H,17,20). The van der Waals surface area contributed by atoms with E-state index in [4.69, 9.17) is 4.74 Å². The fourth-order valence-electron chi connectivity index (χ4n) is 1.59. The Bertz CT molecular complexity index is 589. The topological polar surface area (TPSA) is 69.0 Å². The molecule has 0 aliphatic rings. The van der Waals surface area contributed by atoms with E-state index < -0.39 is 12.5 Å². The second-order valence-electron chi connectivity index (χ2n) is 4.29. The lowest BCUT2D eigenvalue weighted by molar-refractivity contribution is 0.0559. The van der Waals surface area contributed by atoms with E-state index >= 15 is 0 Å². The van der Waals surface area contributed by atoms with Crippen LogP contribution in [-0.2, 0) is 0 Å². The molecule has 1 amide bonds. The molecule has 0 spiro atoms. The monoisotopic (exact) mass is 296 g/mol. The first-order chi connectivity index (χ1) is 10.1. The fraction of sp³-hybridized carbons (Fsp3) is 0.308. The molecule has 0 saturated heterocycles. The van der Waals surface area contributed by atoms with Crippen molar-refractivity contribution >= 4 is 5.91 Å². The molecule has 21 heavy (non-hydrogen) atoms. The van der Waals surface area contributed by atoms with E-state index in [1.54, 1.807) is 31.5 Å². The highest BCUT2D eigenvalue weighted by Crippen LogP contribution is 2.10. The van der Waals surface area contributed by atoms with Crippen LogP contribution < -0.4 is 10.1 Å². The Balaban J connectivity index is 1.83. The smallest absolute Gasteiger partial charge is 0.333 e. The number of rotatable bonds is 6. The highest BCUT2D eigenvalue weighted by molar-refractivity contribution is 5.92. The van der Waals surface area contributed by atoms with Gasteiger partial charge in [0.2, 0.25) is 0 Å². The minimum absolute atomic E-state index is 0.0659. The first-order valence-corrected chi connectivity index (χ1v) is 6.24. The first-order valence-electron chi connectivity index (χ1n) is 6.24. The maximum Gasteiger partial charge on any atom is 0.333 e. The van der Waals surface area contributed by atoms with E-state index in [0.717, 1.165) is 6.20 Å². The van der Waals surface area contributed by atoms with Gasteiger partial charge >= 0.3 is 6.55 Å². The lowest BCUT2D eigenvalue weighted by atomic mass is 10.3. The van der Waals surface area contributed by atoms with Crippen LogP contribution in [0.1, 0.15) is 24.0 Å². The fourth-order valence-corrected chi connectivity index (χ4v) is 1.59. The third kappa shape index (κ3) is 4.23. The number of alkyl halides is 2. The van der Waals surface area contributed by atoms with E-state index in [9.17, 15) is 13.6 Å². The number of aromatic nitrogens is 3. The second-order valence-corrected chi connectivity index (χ2v) is 4.29. The van der Waals surface area contributed by atoms with Gasteiger partial charge in [-0.25, -0.2) is 4.68 Å². The normalized spacial score (nSPS) is 12.2. The van der Waals surface area contributed by atoms with Crippen molar-refractivity contribution in [3.63, 3.8) is 0 Å². The van der Waals surface area contributed by atoms with Crippen molar-refractivity contribution in [1.29, 1.82) is 0 Å². The molecule has 0 fully saturated rings. The molecule has 2 rings (SSSR count). The molecule has 112 valence electrons. The molecule has 2 heterocycles. The summed E-state index contributed by atoms with van der Waals surface area (Å²) in [6.45, 7) is -0.778. The minimum Gasteiger partial charge on any atom is -0.487 e. The zero-order chi connectivity index (χ0) is 15.2. The number of halogens is 2. The van der Waals surface area contributed by atoms with Gasteiger partial charge in [0.05, 0.1) is 12.7 Å². The number of amides is 1. The van der Waals surface area contributed by atoms with Gasteiger partial charge in [0.25, 0.3) is 5.91 Å². The summed E-state index contributed by atoms with van der Waals surface area (Å²) >= 11 is 0. The molecule has 1 atom stereocenters. The van der Waals surface area contributed by atoms with Gasteiger partial charge in [0.1, 0.15) is 17.5 Å². The third-order valence-electron chi connectivity index (χ3n) is 2.56. The number of hydrogen-bond donors (Lipinski definition) is 1. The van der Waals surface area contributed by atoms with E-state index in [0.29, 0.717) is 10.4 Å². The Morgan fingerprint density at radius 3 is 2.90 bits per heavy atom. The maximum atomic E-state index is 12.3. The SMILES string of the molecule is CC(CNC(=O)c1ccn(C(F)F)n1)Oc1cccnc1. The van der Waals surface area contributed by atoms with Gasteiger partial charge in [-0.15, -0.1) is 0 Å². The molecule has 0 radical (unpaired) electrons. The first kappa shape index (κ1) is 14.9. The molecule has 6 nitrogen and oxygen atoms in total. The number of carbonyl (C=O) groups excluding carboxylic acids is 1. The van der Waals surface area contributed by atoms with Crippen LogP contribution in [0.15, 0.2) is 36.8 Å². The lowest BCUT2D eigenvalue weighted by Crippen LogP contribution is -2.33. The van der Waals surface area contributed by atoms with E-state index in [2.05, 4.69) is 15.4 Å². The molecular weight excluding hydrogens is 282 g/mol. The molecule has 0 aromatic carbocycles. The Morgan fingerprint density at radius 2 is 2.29 bits per heavy atom. The number of ether oxygens (including phenoxy) is 1. The summed E-state index contributed by atoms with van der Waals surface area (Å²) in [6.07, 6.45) is 3.94. The molecule has 1 unspecified atom stereocenters. The summed E-state index contributed by atoms with van der Waals surface area (Å²) in [7, 11) is 0. The number of carbonyl (C=O) groups is 1. The van der Waals surface area contributed by atoms with Crippen LogP contribution in [0, 0.1) is 0 Å². The summed E-state index contributed by atoms with van der Waals surface area (Å²) in [5, 5.41) is 6.04. The summed E-state index contributed by atoms with van der Waals surface area (Å²) in [5.41, 5.74) is -0.0659. The number of pyridine rings is 1. The summed E-state index contributed by atoms with van der Waals surface area (Å²) < 4.78 is 30.6. The average molecular weight is 296 g/mol. The molecule has 2 aromatic heterocycles. The number of hydrogen-bond acceptors (Lipinski definition) is 4. The van der Waals surface area contributed by atoms with Crippen molar-refractivity contribution in [2.24, 2.45) is 0 Å². The van der Waals surface area contributed by atoms with Gasteiger partial charge in [-0.2, -0.15) is 13.9 Å². The molecule has 8 heteroatoms. The van der Waals surface area contributed by atoms with Crippen molar-refractivity contribution in [2.45, 2.75) is 19.6 Å². The van der Waals surface area contributed by atoms with Gasteiger partial charge in [0, 0.05) is 12.4 Å². The molecule has 2 aromatic rings. The predicted octanol–water partition coefficient (Wildman–Crippen LogP) is 1.87. The van der Waals surface area contributed by atoms with Crippen LogP contribution in [0.2, 0.25) is 0 Å². The van der Waals surface area contributed by atoms with Crippen LogP contribution >= 0.6 is 0 Å². The molecule has 0 aliphatic heterocycles. The Kier molecular flexibility index (Phi) is 4.81. The molecule has 1 N–H and O–H groups in total. The van der Waals surface area contributed by atoms with Crippen molar-refractivity contribution in [3.8, 4) is 5.75 Å². The minimum atomic E-state index is -2.76. The Morgan fingerprint density at radius 1 is 1.48 bits per heavy atom. The molecule has 0 bridgehead atoms. The van der Waals surface area contributed by atoms with Crippen LogP contribution in [0.5, 0.6) is 5.75 Å². The number of nitrogens with zero attached hydrogens (tertiary/aromatic N) is 3. The van der Waals surface area contributed by atoms with Crippen molar-refractivity contribution in [2.75, 3.05) is 6.54 Å². The summed E-state index contributed by atoms with van der Waals surface area (Å²) in [5.74, 6) is 0.0530.